The quantitative estimate of drug-likeness (QED) is 0.931. The molecule has 0 aliphatic carbocycles. The van der Waals surface area contributed by atoms with Gasteiger partial charge in [-0.25, -0.2) is 4.68 Å². The maximum absolute atomic E-state index is 12.7. The molecule has 1 aliphatic heterocycles. The van der Waals surface area contributed by atoms with Crippen molar-refractivity contribution >= 4 is 16.7 Å². The number of piperidine rings is 1. The summed E-state index contributed by atoms with van der Waals surface area (Å²) in [5.74, 6) is 0.347. The molecule has 3 rings (SSSR count). The number of rotatable bonds is 3. The minimum Gasteiger partial charge on any atom is -0.354 e. The predicted octanol–water partition coefficient (Wildman–Crippen LogP) is 1.45. The second-order valence-electron chi connectivity index (χ2n) is 6.24. The normalized spacial score (nSPS) is 19.0. The van der Waals surface area contributed by atoms with E-state index in [-0.39, 0.29) is 11.5 Å². The van der Waals surface area contributed by atoms with E-state index < -0.39 is 0 Å². The van der Waals surface area contributed by atoms with Crippen molar-refractivity contribution in [1.29, 1.82) is 0 Å². The molecule has 0 radical (unpaired) electrons. The van der Waals surface area contributed by atoms with Crippen LogP contribution in [0.4, 0.5) is 0 Å². The van der Waals surface area contributed by atoms with Crippen LogP contribution >= 0.6 is 0 Å². The average molecular weight is 314 g/mol. The molecule has 1 aromatic heterocycles. The molecule has 6 nitrogen and oxygen atoms in total. The smallest absolute Gasteiger partial charge is 0.275 e. The number of amides is 1. The fourth-order valence-corrected chi connectivity index (χ4v) is 3.22. The average Bonchev–Trinajstić information content (AvgIpc) is 2.57. The van der Waals surface area contributed by atoms with Gasteiger partial charge in [-0.05, 0) is 31.4 Å². The van der Waals surface area contributed by atoms with Crippen LogP contribution in [0.1, 0.15) is 30.3 Å². The van der Waals surface area contributed by atoms with Gasteiger partial charge in [-0.3, -0.25) is 14.5 Å². The van der Waals surface area contributed by atoms with Crippen LogP contribution in [-0.4, -0.2) is 40.7 Å². The molecule has 1 atom stereocenters. The van der Waals surface area contributed by atoms with Crippen molar-refractivity contribution in [1.82, 2.24) is 20.0 Å². The molecule has 0 saturated carbocycles. The molecule has 1 N–H and O–H groups in total. The van der Waals surface area contributed by atoms with Crippen LogP contribution in [0.5, 0.6) is 0 Å². The van der Waals surface area contributed by atoms with Crippen molar-refractivity contribution in [3.05, 3.63) is 40.3 Å². The first kappa shape index (κ1) is 15.7. The van der Waals surface area contributed by atoms with E-state index in [1.807, 2.05) is 12.1 Å². The number of aromatic nitrogens is 2. The number of fused-ring (bicyclic) bond motifs is 1. The summed E-state index contributed by atoms with van der Waals surface area (Å²) in [6.45, 7) is 4.56. The zero-order valence-electron chi connectivity index (χ0n) is 13.6. The monoisotopic (exact) mass is 314 g/mol. The highest BCUT2D eigenvalue weighted by Crippen LogP contribution is 2.17. The minimum absolute atomic E-state index is 0.147. The van der Waals surface area contributed by atoms with E-state index in [4.69, 9.17) is 0 Å². The third kappa shape index (κ3) is 3.12. The van der Waals surface area contributed by atoms with Crippen molar-refractivity contribution < 1.29 is 4.79 Å². The summed E-state index contributed by atoms with van der Waals surface area (Å²) in [6, 6.07) is 7.14. The van der Waals surface area contributed by atoms with Crippen LogP contribution in [0, 0.1) is 5.92 Å². The first-order chi connectivity index (χ1) is 11.1. The van der Waals surface area contributed by atoms with E-state index in [1.165, 1.54) is 11.1 Å². The molecule has 1 unspecified atom stereocenters. The summed E-state index contributed by atoms with van der Waals surface area (Å²) >= 11 is 0. The zero-order chi connectivity index (χ0) is 16.4. The molecule has 122 valence electrons. The number of hydrogen-bond acceptors (Lipinski definition) is 4. The topological polar surface area (TPSA) is 67.2 Å². The van der Waals surface area contributed by atoms with E-state index in [0.717, 1.165) is 19.5 Å². The van der Waals surface area contributed by atoms with Gasteiger partial charge in [-0.1, -0.05) is 25.1 Å². The Kier molecular flexibility index (Phi) is 4.43. The van der Waals surface area contributed by atoms with E-state index >= 15 is 0 Å². The second-order valence-corrected chi connectivity index (χ2v) is 6.24. The van der Waals surface area contributed by atoms with Crippen LogP contribution in [0.3, 0.4) is 0 Å². The van der Waals surface area contributed by atoms with Gasteiger partial charge in [0.2, 0.25) is 0 Å². The van der Waals surface area contributed by atoms with Crippen molar-refractivity contribution in [2.24, 2.45) is 5.92 Å². The van der Waals surface area contributed by atoms with Gasteiger partial charge in [0.15, 0.2) is 5.69 Å². The Morgan fingerprint density at radius 1 is 1.35 bits per heavy atom. The number of carbonyl (C=O) groups excluding carboxylic acids is 1. The Bertz CT molecular complexity index is 784. The summed E-state index contributed by atoms with van der Waals surface area (Å²) in [5.41, 5.74) is 0.152. The second kappa shape index (κ2) is 6.50. The SMILES string of the molecule is CNC(=O)c1nn(CN2CCCC(C)C2)c(=O)c2ccccc12. The van der Waals surface area contributed by atoms with E-state index in [2.05, 4.69) is 22.2 Å². The highest BCUT2D eigenvalue weighted by molar-refractivity contribution is 6.04. The molecule has 6 heteroatoms. The molecular formula is C17H22N4O2. The summed E-state index contributed by atoms with van der Waals surface area (Å²) in [6.07, 6.45) is 2.35. The first-order valence-electron chi connectivity index (χ1n) is 8.04. The molecule has 1 saturated heterocycles. The molecule has 2 heterocycles. The maximum atomic E-state index is 12.7. The van der Waals surface area contributed by atoms with E-state index in [1.54, 1.807) is 19.2 Å². The Morgan fingerprint density at radius 2 is 2.09 bits per heavy atom. The van der Waals surface area contributed by atoms with E-state index in [9.17, 15) is 9.59 Å². The Morgan fingerprint density at radius 3 is 2.78 bits per heavy atom. The highest BCUT2D eigenvalue weighted by Gasteiger charge is 2.20. The maximum Gasteiger partial charge on any atom is 0.275 e. The number of nitrogens with one attached hydrogen (secondary N) is 1. The van der Waals surface area contributed by atoms with Gasteiger partial charge >= 0.3 is 0 Å². The third-order valence-electron chi connectivity index (χ3n) is 4.38. The number of nitrogens with zero attached hydrogens (tertiary/aromatic N) is 3. The molecular weight excluding hydrogens is 292 g/mol. The first-order valence-corrected chi connectivity index (χ1v) is 8.04. The molecule has 1 aliphatic rings. The van der Waals surface area contributed by atoms with Crippen LogP contribution in [0.2, 0.25) is 0 Å². The Balaban J connectivity index is 2.04. The van der Waals surface area contributed by atoms with Crippen LogP contribution < -0.4 is 10.9 Å². The number of benzene rings is 1. The summed E-state index contributed by atoms with van der Waals surface area (Å²) in [7, 11) is 1.57. The van der Waals surface area contributed by atoms with Gasteiger partial charge in [-0.15, -0.1) is 0 Å². The van der Waals surface area contributed by atoms with Gasteiger partial charge in [0.25, 0.3) is 11.5 Å². The van der Waals surface area contributed by atoms with Gasteiger partial charge in [0.05, 0.1) is 12.1 Å². The molecule has 1 fully saturated rings. The van der Waals surface area contributed by atoms with Crippen LogP contribution in [-0.2, 0) is 6.67 Å². The third-order valence-corrected chi connectivity index (χ3v) is 4.38. The molecule has 1 aromatic carbocycles. The highest BCUT2D eigenvalue weighted by atomic mass is 16.2. The Hall–Kier alpha value is -2.21. The lowest BCUT2D eigenvalue weighted by atomic mass is 10.0. The van der Waals surface area contributed by atoms with Crippen LogP contribution in [0.25, 0.3) is 10.8 Å². The van der Waals surface area contributed by atoms with E-state index in [0.29, 0.717) is 29.1 Å². The van der Waals surface area contributed by atoms with Gasteiger partial charge in [-0.2, -0.15) is 5.10 Å². The van der Waals surface area contributed by atoms with Crippen molar-refractivity contribution in [2.45, 2.75) is 26.4 Å². The lowest BCUT2D eigenvalue weighted by Crippen LogP contribution is -2.40. The number of likely N-dealkylation sites (tertiary alicyclic amines) is 1. The fraction of sp³-hybridized carbons (Fsp3) is 0.471. The molecule has 1 amide bonds. The largest absolute Gasteiger partial charge is 0.354 e. The van der Waals surface area contributed by atoms with Gasteiger partial charge in [0, 0.05) is 19.0 Å². The predicted molar refractivity (Wildman–Crippen MR) is 89.4 cm³/mol. The number of hydrogen-bond donors (Lipinski definition) is 1. The number of carbonyl (C=O) groups is 1. The lowest BCUT2D eigenvalue weighted by Gasteiger charge is -2.30. The Labute approximate surface area is 135 Å². The molecule has 0 spiro atoms. The van der Waals surface area contributed by atoms with Gasteiger partial charge < -0.3 is 5.32 Å². The molecule has 2 aromatic rings. The van der Waals surface area contributed by atoms with Crippen molar-refractivity contribution in [3.8, 4) is 0 Å². The standard InChI is InChI=1S/C17H22N4O2/c1-12-6-5-9-20(10-12)11-21-17(23)14-8-4-3-7-13(14)15(19-21)16(22)18-2/h3-4,7-8,12H,5-6,9-11H2,1-2H3,(H,18,22). The lowest BCUT2D eigenvalue weighted by molar-refractivity contribution is 0.0952. The summed E-state index contributed by atoms with van der Waals surface area (Å²) in [4.78, 5) is 27.0. The molecule has 0 bridgehead atoms. The summed E-state index contributed by atoms with van der Waals surface area (Å²) < 4.78 is 1.42. The van der Waals surface area contributed by atoms with Crippen molar-refractivity contribution in [3.63, 3.8) is 0 Å². The van der Waals surface area contributed by atoms with Crippen molar-refractivity contribution in [2.75, 3.05) is 20.1 Å². The van der Waals surface area contributed by atoms with Crippen LogP contribution in [0.15, 0.2) is 29.1 Å². The fourth-order valence-electron chi connectivity index (χ4n) is 3.22. The summed E-state index contributed by atoms with van der Waals surface area (Å²) in [5, 5.41) is 8.07. The zero-order valence-corrected chi connectivity index (χ0v) is 13.6. The molecule has 23 heavy (non-hydrogen) atoms. The van der Waals surface area contributed by atoms with Gasteiger partial charge in [0.1, 0.15) is 0 Å². The minimum atomic E-state index is -0.276.